The first kappa shape index (κ1) is 19.9. The zero-order chi connectivity index (χ0) is 20.2. The molecule has 2 aromatic carbocycles. The molecule has 4 rings (SSSR count). The highest BCUT2D eigenvalue weighted by atomic mass is 16.5. The maximum Gasteiger partial charge on any atom is 0.258 e. The Hall–Kier alpha value is -2.37. The zero-order valence-electron chi connectivity index (χ0n) is 17.5. The molecule has 0 aliphatic carbocycles. The number of hydrogen-bond donors (Lipinski definition) is 0. The summed E-state index contributed by atoms with van der Waals surface area (Å²) in [5.74, 6) is 0.551. The third-order valence-electron chi connectivity index (χ3n) is 5.97. The van der Waals surface area contributed by atoms with E-state index in [1.165, 1.54) is 5.56 Å². The first-order valence-corrected chi connectivity index (χ1v) is 10.7. The van der Waals surface area contributed by atoms with Gasteiger partial charge in [0.2, 0.25) is 0 Å². The van der Waals surface area contributed by atoms with Gasteiger partial charge in [-0.1, -0.05) is 38.1 Å². The summed E-state index contributed by atoms with van der Waals surface area (Å²) >= 11 is 0. The molecule has 0 radical (unpaired) electrons. The molecule has 5 heteroatoms. The summed E-state index contributed by atoms with van der Waals surface area (Å²) in [7, 11) is 0. The van der Waals surface area contributed by atoms with Crippen molar-refractivity contribution in [3.8, 4) is 0 Å². The molecule has 154 valence electrons. The number of anilines is 2. The number of amides is 1. The number of ether oxygens (including phenoxy) is 1. The van der Waals surface area contributed by atoms with Crippen molar-refractivity contribution in [1.29, 1.82) is 0 Å². The van der Waals surface area contributed by atoms with Crippen LogP contribution in [0.2, 0.25) is 0 Å². The Morgan fingerprint density at radius 2 is 1.59 bits per heavy atom. The fourth-order valence-corrected chi connectivity index (χ4v) is 4.12. The van der Waals surface area contributed by atoms with Crippen LogP contribution in [0.3, 0.4) is 0 Å². The second kappa shape index (κ2) is 8.97. The van der Waals surface area contributed by atoms with Gasteiger partial charge in [-0.05, 0) is 35.7 Å². The molecule has 1 amide bonds. The van der Waals surface area contributed by atoms with E-state index in [0.717, 1.165) is 62.9 Å². The normalized spacial score (nSPS) is 17.5. The topological polar surface area (TPSA) is 36.0 Å². The monoisotopic (exact) mass is 393 g/mol. The SMILES string of the molecule is CC(C)c1ccc(C(=O)N2CCN(CCN3CCOCC3)c3ccccc32)cc1. The molecule has 0 bridgehead atoms. The van der Waals surface area contributed by atoms with E-state index in [-0.39, 0.29) is 5.91 Å². The van der Waals surface area contributed by atoms with E-state index in [2.05, 4.69) is 54.0 Å². The smallest absolute Gasteiger partial charge is 0.258 e. The van der Waals surface area contributed by atoms with Crippen LogP contribution in [0, 0.1) is 0 Å². The van der Waals surface area contributed by atoms with Crippen LogP contribution in [0.1, 0.15) is 35.7 Å². The Bertz CT molecular complexity index is 828. The summed E-state index contributed by atoms with van der Waals surface area (Å²) in [6.45, 7) is 11.6. The van der Waals surface area contributed by atoms with E-state index < -0.39 is 0 Å². The van der Waals surface area contributed by atoms with Gasteiger partial charge < -0.3 is 14.5 Å². The number of fused-ring (bicyclic) bond motifs is 1. The lowest BCUT2D eigenvalue weighted by molar-refractivity contribution is 0.0391. The van der Waals surface area contributed by atoms with Gasteiger partial charge in [0.05, 0.1) is 24.6 Å². The lowest BCUT2D eigenvalue weighted by Gasteiger charge is -2.39. The summed E-state index contributed by atoms with van der Waals surface area (Å²) in [5, 5.41) is 0. The molecule has 1 saturated heterocycles. The average Bonchev–Trinajstić information content (AvgIpc) is 2.77. The molecule has 0 saturated carbocycles. The summed E-state index contributed by atoms with van der Waals surface area (Å²) in [4.78, 5) is 20.0. The third kappa shape index (κ3) is 4.46. The lowest BCUT2D eigenvalue weighted by Crippen LogP contribution is -2.47. The van der Waals surface area contributed by atoms with Crippen LogP contribution in [-0.4, -0.2) is 63.3 Å². The van der Waals surface area contributed by atoms with Crippen molar-refractivity contribution in [3.05, 3.63) is 59.7 Å². The highest BCUT2D eigenvalue weighted by molar-refractivity contribution is 6.08. The van der Waals surface area contributed by atoms with Crippen LogP contribution in [0.4, 0.5) is 11.4 Å². The Morgan fingerprint density at radius 3 is 2.28 bits per heavy atom. The molecule has 2 heterocycles. The van der Waals surface area contributed by atoms with Gasteiger partial charge in [-0.2, -0.15) is 0 Å². The van der Waals surface area contributed by atoms with E-state index >= 15 is 0 Å². The molecule has 29 heavy (non-hydrogen) atoms. The van der Waals surface area contributed by atoms with E-state index in [9.17, 15) is 4.79 Å². The number of morpholine rings is 1. The number of para-hydroxylation sites is 2. The summed E-state index contributed by atoms with van der Waals surface area (Å²) in [6, 6.07) is 16.4. The molecule has 2 aliphatic rings. The summed E-state index contributed by atoms with van der Waals surface area (Å²) < 4.78 is 5.45. The van der Waals surface area contributed by atoms with Crippen LogP contribution >= 0.6 is 0 Å². The van der Waals surface area contributed by atoms with Crippen LogP contribution in [0.5, 0.6) is 0 Å². The molecule has 0 spiro atoms. The Labute approximate surface area is 173 Å². The number of hydrogen-bond acceptors (Lipinski definition) is 4. The molecule has 5 nitrogen and oxygen atoms in total. The standard InChI is InChI=1S/C24H31N3O2/c1-19(2)20-7-9-21(10-8-20)24(28)27-14-13-26(22-5-3-4-6-23(22)27)12-11-25-15-17-29-18-16-25/h3-10,19H,11-18H2,1-2H3. The van der Waals surface area contributed by atoms with Gasteiger partial charge >= 0.3 is 0 Å². The maximum absolute atomic E-state index is 13.2. The fourth-order valence-electron chi connectivity index (χ4n) is 4.12. The van der Waals surface area contributed by atoms with Crippen molar-refractivity contribution in [2.75, 3.05) is 62.3 Å². The van der Waals surface area contributed by atoms with Gasteiger partial charge in [-0.15, -0.1) is 0 Å². The van der Waals surface area contributed by atoms with E-state index in [0.29, 0.717) is 12.5 Å². The highest BCUT2D eigenvalue weighted by Gasteiger charge is 2.27. The first-order valence-electron chi connectivity index (χ1n) is 10.7. The molecular weight excluding hydrogens is 362 g/mol. The highest BCUT2D eigenvalue weighted by Crippen LogP contribution is 2.33. The minimum absolute atomic E-state index is 0.0839. The molecule has 2 aliphatic heterocycles. The molecule has 0 aromatic heterocycles. The Balaban J connectivity index is 1.49. The lowest BCUT2D eigenvalue weighted by atomic mass is 10.0. The van der Waals surface area contributed by atoms with Crippen LogP contribution in [0.25, 0.3) is 0 Å². The minimum Gasteiger partial charge on any atom is -0.379 e. The predicted molar refractivity (Wildman–Crippen MR) is 118 cm³/mol. The van der Waals surface area contributed by atoms with E-state index in [1.807, 2.05) is 23.1 Å². The van der Waals surface area contributed by atoms with Crippen molar-refractivity contribution in [3.63, 3.8) is 0 Å². The number of nitrogens with zero attached hydrogens (tertiary/aromatic N) is 3. The Morgan fingerprint density at radius 1 is 0.897 bits per heavy atom. The van der Waals surface area contributed by atoms with Crippen LogP contribution < -0.4 is 9.80 Å². The molecule has 1 fully saturated rings. The second-order valence-corrected chi connectivity index (χ2v) is 8.16. The number of carbonyl (C=O) groups is 1. The summed E-state index contributed by atoms with van der Waals surface area (Å²) in [6.07, 6.45) is 0. The maximum atomic E-state index is 13.2. The van der Waals surface area contributed by atoms with Crippen LogP contribution in [0.15, 0.2) is 48.5 Å². The number of benzene rings is 2. The van der Waals surface area contributed by atoms with Crippen molar-refractivity contribution in [2.24, 2.45) is 0 Å². The molecule has 0 unspecified atom stereocenters. The largest absolute Gasteiger partial charge is 0.379 e. The quantitative estimate of drug-likeness (QED) is 0.778. The molecule has 2 aromatic rings. The molecule has 0 atom stereocenters. The average molecular weight is 394 g/mol. The molecule has 0 N–H and O–H groups in total. The van der Waals surface area contributed by atoms with Crippen LogP contribution in [-0.2, 0) is 4.74 Å². The van der Waals surface area contributed by atoms with Crippen molar-refractivity contribution in [1.82, 2.24) is 4.90 Å². The van der Waals surface area contributed by atoms with Gasteiger partial charge in [-0.25, -0.2) is 0 Å². The Kier molecular flexibility index (Phi) is 6.16. The van der Waals surface area contributed by atoms with Crippen molar-refractivity contribution >= 4 is 17.3 Å². The minimum atomic E-state index is 0.0839. The third-order valence-corrected chi connectivity index (χ3v) is 5.97. The van der Waals surface area contributed by atoms with E-state index in [1.54, 1.807) is 0 Å². The fraction of sp³-hybridized carbons (Fsp3) is 0.458. The summed E-state index contributed by atoms with van der Waals surface area (Å²) in [5.41, 5.74) is 4.18. The van der Waals surface area contributed by atoms with Gasteiger partial charge in [-0.3, -0.25) is 9.69 Å². The van der Waals surface area contributed by atoms with E-state index in [4.69, 9.17) is 4.74 Å². The van der Waals surface area contributed by atoms with Gasteiger partial charge in [0.1, 0.15) is 0 Å². The van der Waals surface area contributed by atoms with Gasteiger partial charge in [0, 0.05) is 44.8 Å². The predicted octanol–water partition coefficient (Wildman–Crippen LogP) is 3.61. The van der Waals surface area contributed by atoms with Gasteiger partial charge in [0.15, 0.2) is 0 Å². The van der Waals surface area contributed by atoms with Gasteiger partial charge in [0.25, 0.3) is 5.91 Å². The van der Waals surface area contributed by atoms with Crippen molar-refractivity contribution in [2.45, 2.75) is 19.8 Å². The second-order valence-electron chi connectivity index (χ2n) is 8.16. The zero-order valence-corrected chi connectivity index (χ0v) is 17.5. The molecular formula is C24H31N3O2. The number of carbonyl (C=O) groups excluding carboxylic acids is 1. The number of rotatable bonds is 5. The first-order chi connectivity index (χ1) is 14.1. The van der Waals surface area contributed by atoms with Crippen molar-refractivity contribution < 1.29 is 9.53 Å².